The molecule has 1 unspecified atom stereocenters. The highest BCUT2D eigenvalue weighted by molar-refractivity contribution is 7.87. The third-order valence-electron chi connectivity index (χ3n) is 3.82. The van der Waals surface area contributed by atoms with Gasteiger partial charge in [-0.15, -0.1) is 0 Å². The molecular weight excluding hydrogens is 372 g/mol. The number of fused-ring (bicyclic) bond motifs is 1. The Labute approximate surface area is 147 Å². The Kier molecular flexibility index (Phi) is 4.82. The Hall–Kier alpha value is -2.30. The SMILES string of the molecule is O=C(NCc1ccc(OCC2CO2)c2ccccc12)C(F)(F)S(=O)(=O)[O-]. The Morgan fingerprint density at radius 1 is 1.27 bits per heavy atom. The van der Waals surface area contributed by atoms with Gasteiger partial charge in [0.25, 0.3) is 0 Å². The summed E-state index contributed by atoms with van der Waals surface area (Å²) in [4.78, 5) is 11.4. The van der Waals surface area contributed by atoms with Crippen molar-refractivity contribution in [2.75, 3.05) is 13.2 Å². The van der Waals surface area contributed by atoms with Gasteiger partial charge >= 0.3 is 11.2 Å². The molecule has 1 atom stereocenters. The van der Waals surface area contributed by atoms with Gasteiger partial charge in [0.1, 0.15) is 18.5 Å². The topological polar surface area (TPSA) is 108 Å². The van der Waals surface area contributed by atoms with Gasteiger partial charge in [-0.2, -0.15) is 8.78 Å². The van der Waals surface area contributed by atoms with Crippen molar-refractivity contribution >= 4 is 26.8 Å². The van der Waals surface area contributed by atoms with E-state index in [9.17, 15) is 26.5 Å². The lowest BCUT2D eigenvalue weighted by atomic mass is 10.0. The first-order valence-corrected chi connectivity index (χ1v) is 8.97. The van der Waals surface area contributed by atoms with Gasteiger partial charge in [-0.3, -0.25) is 4.79 Å². The zero-order valence-corrected chi connectivity index (χ0v) is 14.1. The van der Waals surface area contributed by atoms with E-state index in [0.29, 0.717) is 35.3 Å². The number of epoxide rings is 1. The Balaban J connectivity index is 1.80. The first kappa shape index (κ1) is 18.5. The molecule has 0 spiro atoms. The fraction of sp³-hybridized carbons (Fsp3) is 0.312. The number of hydrogen-bond acceptors (Lipinski definition) is 6. The second kappa shape index (κ2) is 6.78. The first-order valence-electron chi connectivity index (χ1n) is 7.57. The van der Waals surface area contributed by atoms with Gasteiger partial charge in [-0.05, 0) is 17.0 Å². The highest BCUT2D eigenvalue weighted by Gasteiger charge is 2.46. The van der Waals surface area contributed by atoms with Crippen LogP contribution in [0.2, 0.25) is 0 Å². The fourth-order valence-corrected chi connectivity index (χ4v) is 2.65. The summed E-state index contributed by atoms with van der Waals surface area (Å²) in [5.74, 6) is -1.60. The van der Waals surface area contributed by atoms with Crippen LogP contribution < -0.4 is 10.1 Å². The molecule has 1 aliphatic heterocycles. The number of alkyl halides is 2. The number of ether oxygens (including phenoxy) is 2. The number of rotatable bonds is 7. The van der Waals surface area contributed by atoms with E-state index in [1.807, 2.05) is 0 Å². The molecule has 1 aliphatic rings. The van der Waals surface area contributed by atoms with Crippen molar-refractivity contribution in [3.05, 3.63) is 42.0 Å². The molecule has 1 fully saturated rings. The standard InChI is InChI=1S/C16H15F2NO6S/c17-16(18,26(21,22)23)15(20)19-7-10-5-6-14(25-9-11-8-24-11)13-4-2-1-3-12(10)13/h1-6,11H,7-9H2,(H,19,20)(H,21,22,23)/p-1. The van der Waals surface area contributed by atoms with Crippen molar-refractivity contribution in [2.24, 2.45) is 0 Å². The third kappa shape index (κ3) is 3.76. The van der Waals surface area contributed by atoms with Crippen LogP contribution in [0.5, 0.6) is 5.75 Å². The van der Waals surface area contributed by atoms with E-state index < -0.39 is 21.3 Å². The summed E-state index contributed by atoms with van der Waals surface area (Å²) in [5.41, 5.74) is 0.461. The van der Waals surface area contributed by atoms with Crippen LogP contribution in [-0.4, -0.2) is 43.5 Å². The van der Waals surface area contributed by atoms with Crippen molar-refractivity contribution in [3.63, 3.8) is 0 Å². The normalized spacial score (nSPS) is 17.1. The lowest BCUT2D eigenvalue weighted by Gasteiger charge is -2.19. The van der Waals surface area contributed by atoms with Gasteiger partial charge in [0, 0.05) is 11.9 Å². The molecule has 0 bridgehead atoms. The second-order valence-corrected chi connectivity index (χ2v) is 7.11. The zero-order chi connectivity index (χ0) is 18.9. The van der Waals surface area contributed by atoms with Gasteiger partial charge in [0.05, 0.1) is 6.61 Å². The van der Waals surface area contributed by atoms with Crippen LogP contribution >= 0.6 is 0 Å². The minimum Gasteiger partial charge on any atom is -0.743 e. The van der Waals surface area contributed by atoms with Crippen LogP contribution in [0.25, 0.3) is 10.8 Å². The Morgan fingerprint density at radius 2 is 1.92 bits per heavy atom. The largest absolute Gasteiger partial charge is 0.743 e. The minimum absolute atomic E-state index is 0.0593. The molecule has 2 aromatic rings. The predicted octanol–water partition coefficient (Wildman–Crippen LogP) is 1.37. The van der Waals surface area contributed by atoms with Gasteiger partial charge in [-0.1, -0.05) is 30.3 Å². The van der Waals surface area contributed by atoms with E-state index in [4.69, 9.17) is 9.47 Å². The molecule has 1 N–H and O–H groups in total. The van der Waals surface area contributed by atoms with Crippen molar-refractivity contribution in [2.45, 2.75) is 17.9 Å². The smallest absolute Gasteiger partial charge is 0.410 e. The van der Waals surface area contributed by atoms with Crippen LogP contribution in [0.15, 0.2) is 36.4 Å². The van der Waals surface area contributed by atoms with Crippen molar-refractivity contribution < 1.29 is 36.0 Å². The number of carbonyl (C=O) groups excluding carboxylic acids is 1. The number of hydrogen-bond donors (Lipinski definition) is 1. The molecule has 1 saturated heterocycles. The maximum Gasteiger partial charge on any atom is 0.410 e. The molecule has 3 rings (SSSR count). The molecule has 26 heavy (non-hydrogen) atoms. The molecule has 0 radical (unpaired) electrons. The summed E-state index contributed by atoms with van der Waals surface area (Å²) in [7, 11) is -6.09. The summed E-state index contributed by atoms with van der Waals surface area (Å²) in [5, 5.41) is -1.91. The quantitative estimate of drug-likeness (QED) is 0.569. The highest BCUT2D eigenvalue weighted by Crippen LogP contribution is 2.29. The Morgan fingerprint density at radius 3 is 2.54 bits per heavy atom. The maximum absolute atomic E-state index is 13.2. The molecule has 7 nitrogen and oxygen atoms in total. The number of carbonyl (C=O) groups is 1. The Bertz CT molecular complexity index is 943. The van der Waals surface area contributed by atoms with E-state index >= 15 is 0 Å². The summed E-state index contributed by atoms with van der Waals surface area (Å²) in [6, 6.07) is 10.1. The molecule has 1 heterocycles. The lowest BCUT2D eigenvalue weighted by Crippen LogP contribution is -2.45. The number of nitrogens with one attached hydrogen (secondary N) is 1. The van der Waals surface area contributed by atoms with Crippen LogP contribution in [0.4, 0.5) is 8.78 Å². The molecule has 0 aliphatic carbocycles. The highest BCUT2D eigenvalue weighted by atomic mass is 32.2. The first-order chi connectivity index (χ1) is 12.2. The molecule has 1 amide bonds. The molecule has 10 heteroatoms. The molecule has 0 saturated carbocycles. The van der Waals surface area contributed by atoms with Crippen molar-refractivity contribution in [1.29, 1.82) is 0 Å². The number of amides is 1. The van der Waals surface area contributed by atoms with Crippen LogP contribution in [0.1, 0.15) is 5.56 Å². The van der Waals surface area contributed by atoms with E-state index in [2.05, 4.69) is 0 Å². The minimum atomic E-state index is -6.09. The van der Waals surface area contributed by atoms with Crippen LogP contribution in [0.3, 0.4) is 0 Å². The van der Waals surface area contributed by atoms with Crippen molar-refractivity contribution in [1.82, 2.24) is 5.32 Å². The van der Waals surface area contributed by atoms with Crippen LogP contribution in [-0.2, 0) is 26.2 Å². The van der Waals surface area contributed by atoms with E-state index in [1.54, 1.807) is 41.7 Å². The third-order valence-corrected chi connectivity index (χ3v) is 4.63. The predicted molar refractivity (Wildman–Crippen MR) is 85.7 cm³/mol. The van der Waals surface area contributed by atoms with E-state index in [1.165, 1.54) is 0 Å². The number of halogens is 2. The molecular formula is C16H14F2NO6S-. The molecule has 2 aromatic carbocycles. The molecule has 0 aromatic heterocycles. The fourth-order valence-electron chi connectivity index (χ4n) is 2.35. The van der Waals surface area contributed by atoms with Crippen molar-refractivity contribution in [3.8, 4) is 5.75 Å². The van der Waals surface area contributed by atoms with E-state index in [-0.39, 0.29) is 12.6 Å². The van der Waals surface area contributed by atoms with Gasteiger partial charge in [-0.25, -0.2) is 8.42 Å². The summed E-state index contributed by atoms with van der Waals surface area (Å²) in [6.45, 7) is 0.642. The van der Waals surface area contributed by atoms with Gasteiger partial charge in [0.15, 0.2) is 10.1 Å². The van der Waals surface area contributed by atoms with Gasteiger partial charge < -0.3 is 19.3 Å². The summed E-state index contributed by atoms with van der Waals surface area (Å²) < 4.78 is 68.7. The average Bonchev–Trinajstić information content (AvgIpc) is 3.41. The van der Waals surface area contributed by atoms with Crippen LogP contribution in [0, 0.1) is 0 Å². The maximum atomic E-state index is 13.2. The average molecular weight is 386 g/mol. The summed E-state index contributed by atoms with van der Waals surface area (Å²) in [6.07, 6.45) is 0.0593. The summed E-state index contributed by atoms with van der Waals surface area (Å²) >= 11 is 0. The lowest BCUT2D eigenvalue weighted by molar-refractivity contribution is -0.136. The zero-order valence-electron chi connectivity index (χ0n) is 13.3. The second-order valence-electron chi connectivity index (χ2n) is 5.69. The monoisotopic (exact) mass is 386 g/mol. The molecule has 140 valence electrons. The van der Waals surface area contributed by atoms with E-state index in [0.717, 1.165) is 0 Å². The number of benzene rings is 2. The van der Waals surface area contributed by atoms with Gasteiger partial charge in [0.2, 0.25) is 0 Å².